The van der Waals surface area contributed by atoms with Crippen molar-refractivity contribution in [2.75, 3.05) is 6.54 Å². The van der Waals surface area contributed by atoms with Gasteiger partial charge in [-0.2, -0.15) is 0 Å². The van der Waals surface area contributed by atoms with E-state index in [-0.39, 0.29) is 17.8 Å². The second-order valence-corrected chi connectivity index (χ2v) is 8.00. The van der Waals surface area contributed by atoms with Crippen molar-refractivity contribution in [1.29, 1.82) is 0 Å². The van der Waals surface area contributed by atoms with E-state index in [1.54, 1.807) is 18.3 Å². The van der Waals surface area contributed by atoms with Crippen LogP contribution in [-0.2, 0) is 6.42 Å². The number of nitrogens with zero attached hydrogens (tertiary/aromatic N) is 2. The van der Waals surface area contributed by atoms with E-state index < -0.39 is 0 Å². The highest BCUT2D eigenvalue weighted by atomic mass is 19.1. The van der Waals surface area contributed by atoms with Gasteiger partial charge in [0.05, 0.1) is 6.20 Å². The maximum Gasteiger partial charge on any atom is 0.254 e. The van der Waals surface area contributed by atoms with E-state index in [2.05, 4.69) is 4.98 Å². The average molecular weight is 414 g/mol. The summed E-state index contributed by atoms with van der Waals surface area (Å²) in [6.45, 7) is 0.734. The summed E-state index contributed by atoms with van der Waals surface area (Å²) in [5.41, 5.74) is 1.52. The van der Waals surface area contributed by atoms with Gasteiger partial charge in [-0.15, -0.1) is 0 Å². The number of carbonyl (C=O) groups is 1. The predicted octanol–water partition coefficient (Wildman–Crippen LogP) is 5.87. The molecule has 1 saturated heterocycles. The second kappa shape index (κ2) is 8.34. The van der Waals surface area contributed by atoms with Crippen molar-refractivity contribution in [2.45, 2.75) is 31.7 Å². The lowest BCUT2D eigenvalue weighted by Gasteiger charge is -2.35. The highest BCUT2D eigenvalue weighted by Crippen LogP contribution is 2.27. The lowest BCUT2D eigenvalue weighted by molar-refractivity contribution is 0.0608. The minimum atomic E-state index is -0.284. The number of rotatable bonds is 4. The Balaban J connectivity index is 1.39. The smallest absolute Gasteiger partial charge is 0.254 e. The monoisotopic (exact) mass is 414 g/mol. The number of hydrogen-bond donors (Lipinski definition) is 0. The van der Waals surface area contributed by atoms with Gasteiger partial charge in [0.1, 0.15) is 5.82 Å². The third kappa shape index (κ3) is 3.96. The molecule has 1 aromatic heterocycles. The van der Waals surface area contributed by atoms with Crippen LogP contribution in [0, 0.1) is 5.82 Å². The maximum absolute atomic E-state index is 13.5. The van der Waals surface area contributed by atoms with Crippen molar-refractivity contribution in [3.8, 4) is 11.3 Å². The van der Waals surface area contributed by atoms with Gasteiger partial charge in [0.25, 0.3) is 5.91 Å². The van der Waals surface area contributed by atoms with Crippen LogP contribution in [0.5, 0.6) is 0 Å². The van der Waals surface area contributed by atoms with Crippen LogP contribution in [0.15, 0.2) is 77.3 Å². The Bertz CT molecular complexity index is 1210. The van der Waals surface area contributed by atoms with Gasteiger partial charge in [0, 0.05) is 30.1 Å². The van der Waals surface area contributed by atoms with E-state index >= 15 is 0 Å². The number of aromatic nitrogens is 1. The molecule has 1 aliphatic rings. The molecule has 0 N–H and O–H groups in total. The minimum absolute atomic E-state index is 0.0416. The first-order valence-electron chi connectivity index (χ1n) is 10.7. The first kappa shape index (κ1) is 19.5. The Kier molecular flexibility index (Phi) is 5.24. The van der Waals surface area contributed by atoms with Crippen LogP contribution in [0.25, 0.3) is 22.1 Å². The van der Waals surface area contributed by atoms with Crippen molar-refractivity contribution < 1.29 is 13.6 Å². The van der Waals surface area contributed by atoms with Gasteiger partial charge in [-0.1, -0.05) is 36.4 Å². The number of benzene rings is 3. The summed E-state index contributed by atoms with van der Waals surface area (Å²) < 4.78 is 19.1. The molecule has 5 rings (SSSR count). The topological polar surface area (TPSA) is 46.3 Å². The van der Waals surface area contributed by atoms with Gasteiger partial charge < -0.3 is 9.32 Å². The van der Waals surface area contributed by atoms with Crippen LogP contribution in [0.3, 0.4) is 0 Å². The highest BCUT2D eigenvalue weighted by Gasteiger charge is 2.29. The van der Waals surface area contributed by atoms with Gasteiger partial charge in [0.2, 0.25) is 0 Å². The molecule has 156 valence electrons. The summed E-state index contributed by atoms with van der Waals surface area (Å²) in [6.07, 6.45) is 5.24. The molecule has 1 unspecified atom stereocenters. The lowest BCUT2D eigenvalue weighted by atomic mass is 9.96. The normalized spacial score (nSPS) is 16.5. The van der Waals surface area contributed by atoms with Crippen molar-refractivity contribution in [3.63, 3.8) is 0 Å². The molecule has 0 bridgehead atoms. The number of amides is 1. The Morgan fingerprint density at radius 1 is 1.03 bits per heavy atom. The molecule has 0 aliphatic carbocycles. The van der Waals surface area contributed by atoms with Gasteiger partial charge >= 0.3 is 0 Å². The molecule has 5 heteroatoms. The maximum atomic E-state index is 13.5. The van der Waals surface area contributed by atoms with E-state index in [0.29, 0.717) is 18.1 Å². The van der Waals surface area contributed by atoms with Crippen molar-refractivity contribution in [3.05, 3.63) is 90.2 Å². The Morgan fingerprint density at radius 2 is 1.84 bits per heavy atom. The van der Waals surface area contributed by atoms with Crippen LogP contribution in [0.1, 0.15) is 35.5 Å². The fourth-order valence-corrected chi connectivity index (χ4v) is 4.40. The van der Waals surface area contributed by atoms with E-state index in [1.165, 1.54) is 12.1 Å². The summed E-state index contributed by atoms with van der Waals surface area (Å²) in [7, 11) is 0. The molecule has 4 aromatic rings. The molecular weight excluding hydrogens is 391 g/mol. The largest absolute Gasteiger partial charge is 0.441 e. The molecule has 0 saturated carbocycles. The van der Waals surface area contributed by atoms with Gasteiger partial charge in [-0.05, 0) is 60.4 Å². The summed E-state index contributed by atoms with van der Waals surface area (Å²) in [4.78, 5) is 19.9. The number of piperidine rings is 1. The zero-order valence-corrected chi connectivity index (χ0v) is 17.1. The lowest BCUT2D eigenvalue weighted by Crippen LogP contribution is -2.45. The Hall–Kier alpha value is -3.47. The van der Waals surface area contributed by atoms with Crippen LogP contribution in [-0.4, -0.2) is 28.4 Å². The first-order valence-corrected chi connectivity index (χ1v) is 10.7. The van der Waals surface area contributed by atoms with E-state index in [0.717, 1.165) is 47.7 Å². The van der Waals surface area contributed by atoms with E-state index in [4.69, 9.17) is 4.42 Å². The molecule has 1 fully saturated rings. The zero-order chi connectivity index (χ0) is 21.2. The molecule has 4 nitrogen and oxygen atoms in total. The van der Waals surface area contributed by atoms with Gasteiger partial charge in [-0.3, -0.25) is 4.79 Å². The highest BCUT2D eigenvalue weighted by molar-refractivity contribution is 6.07. The van der Waals surface area contributed by atoms with E-state index in [1.807, 2.05) is 47.4 Å². The summed E-state index contributed by atoms with van der Waals surface area (Å²) in [5, 5.41) is 2.05. The summed E-state index contributed by atoms with van der Waals surface area (Å²) >= 11 is 0. The molecule has 31 heavy (non-hydrogen) atoms. The van der Waals surface area contributed by atoms with Gasteiger partial charge in [-0.25, -0.2) is 9.37 Å². The zero-order valence-electron chi connectivity index (χ0n) is 17.1. The summed E-state index contributed by atoms with van der Waals surface area (Å²) in [6, 6.07) is 20.1. The fourth-order valence-electron chi connectivity index (χ4n) is 4.40. The first-order chi connectivity index (χ1) is 15.2. The number of likely N-dealkylation sites (tertiary alicyclic amines) is 1. The third-order valence-electron chi connectivity index (χ3n) is 6.00. The molecule has 2 heterocycles. The van der Waals surface area contributed by atoms with Crippen LogP contribution in [0.4, 0.5) is 4.39 Å². The van der Waals surface area contributed by atoms with Crippen molar-refractivity contribution in [1.82, 2.24) is 9.88 Å². The fraction of sp³-hybridized carbons (Fsp3) is 0.231. The van der Waals surface area contributed by atoms with Crippen LogP contribution in [0.2, 0.25) is 0 Å². The molecule has 3 aromatic carbocycles. The van der Waals surface area contributed by atoms with Crippen molar-refractivity contribution >= 4 is 16.7 Å². The number of oxazole rings is 1. The van der Waals surface area contributed by atoms with E-state index in [9.17, 15) is 9.18 Å². The average Bonchev–Trinajstić information content (AvgIpc) is 3.27. The van der Waals surface area contributed by atoms with Crippen molar-refractivity contribution in [2.24, 2.45) is 0 Å². The van der Waals surface area contributed by atoms with Crippen LogP contribution >= 0.6 is 0 Å². The summed E-state index contributed by atoms with van der Waals surface area (Å²) in [5.74, 6) is 0.986. The SMILES string of the molecule is O=C(c1cccc2ccccc12)N1CCCCC1Cc1ncc(-c2ccc(F)cc2)o1. The second-order valence-electron chi connectivity index (χ2n) is 8.00. The number of carbonyl (C=O) groups excluding carboxylic acids is 1. The Labute approximate surface area is 180 Å². The standard InChI is InChI=1S/C26H23FN2O2/c27-20-13-11-19(12-14-20)24-17-28-25(31-24)16-21-8-3-4-15-29(21)26(30)23-10-5-7-18-6-1-2-9-22(18)23/h1-2,5-7,9-14,17,21H,3-4,8,15-16H2. The van der Waals surface area contributed by atoms with Gasteiger partial charge in [0.15, 0.2) is 11.7 Å². The Morgan fingerprint density at radius 3 is 2.71 bits per heavy atom. The molecular formula is C26H23FN2O2. The van der Waals surface area contributed by atoms with Crippen LogP contribution < -0.4 is 0 Å². The predicted molar refractivity (Wildman–Crippen MR) is 118 cm³/mol. The number of fused-ring (bicyclic) bond motifs is 1. The molecule has 1 amide bonds. The quantitative estimate of drug-likeness (QED) is 0.419. The minimum Gasteiger partial charge on any atom is -0.441 e. The number of hydrogen-bond acceptors (Lipinski definition) is 3. The molecule has 1 atom stereocenters. The molecule has 0 spiro atoms. The third-order valence-corrected chi connectivity index (χ3v) is 6.00. The molecule has 0 radical (unpaired) electrons. The molecule has 1 aliphatic heterocycles. The number of halogens is 1.